The van der Waals surface area contributed by atoms with E-state index in [1.807, 2.05) is 0 Å². The summed E-state index contributed by atoms with van der Waals surface area (Å²) in [7, 11) is 0. The first kappa shape index (κ1) is 18.8. The van der Waals surface area contributed by atoms with E-state index in [2.05, 4.69) is 31.2 Å². The fourth-order valence-corrected chi connectivity index (χ4v) is 5.50. The number of unbranched alkanes of at least 4 members (excludes halogenated alkanes) is 3. The van der Waals surface area contributed by atoms with Crippen LogP contribution in [-0.4, -0.2) is 0 Å². The second kappa shape index (κ2) is 9.64. The minimum atomic E-state index is 0.784. The summed E-state index contributed by atoms with van der Waals surface area (Å²) in [6, 6.07) is 8.65. The summed E-state index contributed by atoms with van der Waals surface area (Å²) in [5.74, 6) is 3.90. The summed E-state index contributed by atoms with van der Waals surface area (Å²) in [6.45, 7) is 2.31. The summed E-state index contributed by atoms with van der Waals surface area (Å²) in [5, 5.41) is 0. The van der Waals surface area contributed by atoms with Crippen LogP contribution in [0, 0.1) is 17.8 Å². The number of nitrogens with two attached hydrogens (primary N) is 1. The normalized spacial score (nSPS) is 30.3. The molecule has 2 saturated carbocycles. The molecule has 0 bridgehead atoms. The molecule has 2 aliphatic rings. The molecule has 0 aliphatic heterocycles. The standard InChI is InChI=1S/C24H39N/c1-2-3-4-5-6-19-7-9-20(10-8-19)21-11-13-22(14-12-21)23-15-17-24(25)18-16-23/h15-22H,2-14,25H2,1H3/t19-,20-,21?,22?. The predicted molar refractivity (Wildman–Crippen MR) is 110 cm³/mol. The maximum atomic E-state index is 5.83. The Morgan fingerprint density at radius 1 is 0.760 bits per heavy atom. The van der Waals surface area contributed by atoms with E-state index in [1.54, 1.807) is 0 Å². The second-order valence-electron chi connectivity index (χ2n) is 8.91. The lowest BCUT2D eigenvalue weighted by Crippen LogP contribution is -2.25. The molecule has 0 radical (unpaired) electrons. The number of benzene rings is 1. The summed E-state index contributed by atoms with van der Waals surface area (Å²) in [6.07, 6.45) is 19.1. The summed E-state index contributed by atoms with van der Waals surface area (Å²) in [5.41, 5.74) is 8.24. The van der Waals surface area contributed by atoms with Crippen molar-refractivity contribution in [3.05, 3.63) is 29.8 Å². The third-order valence-electron chi connectivity index (χ3n) is 7.20. The van der Waals surface area contributed by atoms with E-state index >= 15 is 0 Å². The molecule has 1 aromatic rings. The molecule has 0 heterocycles. The van der Waals surface area contributed by atoms with Crippen LogP contribution in [0.4, 0.5) is 5.69 Å². The molecule has 1 heteroatoms. The molecular weight excluding hydrogens is 302 g/mol. The van der Waals surface area contributed by atoms with Gasteiger partial charge in [-0.05, 0) is 79.9 Å². The van der Waals surface area contributed by atoms with Gasteiger partial charge in [-0.3, -0.25) is 0 Å². The van der Waals surface area contributed by atoms with E-state index in [4.69, 9.17) is 5.73 Å². The monoisotopic (exact) mass is 341 g/mol. The van der Waals surface area contributed by atoms with Crippen molar-refractivity contribution in [3.8, 4) is 0 Å². The largest absolute Gasteiger partial charge is 0.399 e. The number of nitrogen functional groups attached to an aromatic ring is 1. The molecule has 0 aromatic heterocycles. The predicted octanol–water partition coefficient (Wildman–Crippen LogP) is 7.32. The Morgan fingerprint density at radius 2 is 1.36 bits per heavy atom. The van der Waals surface area contributed by atoms with Crippen LogP contribution in [0.1, 0.15) is 102 Å². The molecule has 2 aliphatic carbocycles. The fraction of sp³-hybridized carbons (Fsp3) is 0.750. The molecule has 3 rings (SSSR count). The third-order valence-corrected chi connectivity index (χ3v) is 7.20. The van der Waals surface area contributed by atoms with E-state index in [1.165, 1.54) is 89.0 Å². The first-order chi connectivity index (χ1) is 12.3. The lowest BCUT2D eigenvalue weighted by molar-refractivity contribution is 0.155. The van der Waals surface area contributed by atoms with Crippen molar-refractivity contribution in [3.63, 3.8) is 0 Å². The smallest absolute Gasteiger partial charge is 0.0314 e. The number of rotatable bonds is 7. The van der Waals surface area contributed by atoms with Crippen LogP contribution in [0.5, 0.6) is 0 Å². The molecule has 0 amide bonds. The Labute approximate surface area is 155 Å². The highest BCUT2D eigenvalue weighted by atomic mass is 14.5. The van der Waals surface area contributed by atoms with E-state index in [0.717, 1.165) is 29.4 Å². The van der Waals surface area contributed by atoms with Crippen LogP contribution in [-0.2, 0) is 0 Å². The van der Waals surface area contributed by atoms with Gasteiger partial charge in [0.15, 0.2) is 0 Å². The molecular formula is C24H39N. The molecule has 140 valence electrons. The SMILES string of the molecule is CCCCCC[C@H]1CC[C@H](C2CCC(c3ccc(N)cc3)CC2)CC1. The Bertz CT molecular complexity index is 475. The number of anilines is 1. The first-order valence-electron chi connectivity index (χ1n) is 11.1. The Balaban J connectivity index is 1.37. The van der Waals surface area contributed by atoms with Crippen molar-refractivity contribution in [1.82, 2.24) is 0 Å². The van der Waals surface area contributed by atoms with E-state index in [9.17, 15) is 0 Å². The van der Waals surface area contributed by atoms with Crippen LogP contribution in [0.2, 0.25) is 0 Å². The molecule has 1 aromatic carbocycles. The molecule has 0 saturated heterocycles. The average molecular weight is 342 g/mol. The number of hydrogen-bond acceptors (Lipinski definition) is 1. The van der Waals surface area contributed by atoms with Crippen LogP contribution < -0.4 is 5.73 Å². The maximum absolute atomic E-state index is 5.83. The highest BCUT2D eigenvalue weighted by Crippen LogP contribution is 2.44. The second-order valence-corrected chi connectivity index (χ2v) is 8.91. The van der Waals surface area contributed by atoms with Crippen molar-refractivity contribution in [2.45, 2.75) is 96.3 Å². The van der Waals surface area contributed by atoms with Crippen LogP contribution in [0.25, 0.3) is 0 Å². The van der Waals surface area contributed by atoms with Gasteiger partial charge in [0.05, 0.1) is 0 Å². The minimum absolute atomic E-state index is 0.784. The summed E-state index contributed by atoms with van der Waals surface area (Å²) in [4.78, 5) is 0. The van der Waals surface area contributed by atoms with Crippen molar-refractivity contribution in [2.24, 2.45) is 17.8 Å². The molecule has 0 unspecified atom stereocenters. The van der Waals surface area contributed by atoms with Gasteiger partial charge in [0.25, 0.3) is 0 Å². The quantitative estimate of drug-likeness (QED) is 0.408. The summed E-state index contributed by atoms with van der Waals surface area (Å²) < 4.78 is 0. The molecule has 1 nitrogen and oxygen atoms in total. The van der Waals surface area contributed by atoms with E-state index in [-0.39, 0.29) is 0 Å². The van der Waals surface area contributed by atoms with Crippen LogP contribution in [0.3, 0.4) is 0 Å². The summed E-state index contributed by atoms with van der Waals surface area (Å²) >= 11 is 0. The zero-order valence-electron chi connectivity index (χ0n) is 16.4. The topological polar surface area (TPSA) is 26.0 Å². The first-order valence-corrected chi connectivity index (χ1v) is 11.1. The van der Waals surface area contributed by atoms with Crippen molar-refractivity contribution in [1.29, 1.82) is 0 Å². The van der Waals surface area contributed by atoms with Crippen LogP contribution >= 0.6 is 0 Å². The highest BCUT2D eigenvalue weighted by molar-refractivity contribution is 5.40. The van der Waals surface area contributed by atoms with Gasteiger partial charge in [-0.15, -0.1) is 0 Å². The van der Waals surface area contributed by atoms with Gasteiger partial charge in [-0.2, -0.15) is 0 Å². The van der Waals surface area contributed by atoms with Crippen molar-refractivity contribution >= 4 is 5.69 Å². The van der Waals surface area contributed by atoms with Gasteiger partial charge >= 0.3 is 0 Å². The van der Waals surface area contributed by atoms with Crippen LogP contribution in [0.15, 0.2) is 24.3 Å². The lowest BCUT2D eigenvalue weighted by atomic mass is 9.68. The Hall–Kier alpha value is -0.980. The zero-order valence-corrected chi connectivity index (χ0v) is 16.4. The lowest BCUT2D eigenvalue weighted by Gasteiger charge is -2.38. The van der Waals surface area contributed by atoms with Gasteiger partial charge in [0.1, 0.15) is 0 Å². The van der Waals surface area contributed by atoms with E-state index < -0.39 is 0 Å². The highest BCUT2D eigenvalue weighted by Gasteiger charge is 2.31. The molecule has 0 spiro atoms. The number of hydrogen-bond donors (Lipinski definition) is 1. The van der Waals surface area contributed by atoms with Gasteiger partial charge in [-0.1, -0.05) is 64.0 Å². The van der Waals surface area contributed by atoms with Crippen molar-refractivity contribution < 1.29 is 0 Å². The minimum Gasteiger partial charge on any atom is -0.399 e. The molecule has 0 atom stereocenters. The average Bonchev–Trinajstić information content (AvgIpc) is 2.67. The Kier molecular flexibility index (Phi) is 7.25. The molecule has 2 N–H and O–H groups in total. The molecule has 2 fully saturated rings. The zero-order chi connectivity index (χ0) is 17.5. The van der Waals surface area contributed by atoms with Gasteiger partial charge in [0.2, 0.25) is 0 Å². The maximum Gasteiger partial charge on any atom is 0.0314 e. The van der Waals surface area contributed by atoms with Gasteiger partial charge in [0, 0.05) is 5.69 Å². The van der Waals surface area contributed by atoms with Gasteiger partial charge < -0.3 is 5.73 Å². The molecule has 25 heavy (non-hydrogen) atoms. The van der Waals surface area contributed by atoms with Gasteiger partial charge in [-0.25, -0.2) is 0 Å². The van der Waals surface area contributed by atoms with E-state index in [0.29, 0.717) is 0 Å². The third kappa shape index (κ3) is 5.50. The van der Waals surface area contributed by atoms with Crippen molar-refractivity contribution in [2.75, 3.05) is 5.73 Å². The Morgan fingerprint density at radius 3 is 1.96 bits per heavy atom. The fourth-order valence-electron chi connectivity index (χ4n) is 5.50.